The molecule has 0 saturated carbocycles. The van der Waals surface area contributed by atoms with Crippen LogP contribution in [0.4, 0.5) is 0 Å². The quantitative estimate of drug-likeness (QED) is 0.266. The molecule has 22 heavy (non-hydrogen) atoms. The lowest BCUT2D eigenvalue weighted by molar-refractivity contribution is -0.510. The first-order valence-electron chi connectivity index (χ1n) is 6.62. The van der Waals surface area contributed by atoms with Crippen molar-refractivity contribution in [3.63, 3.8) is 0 Å². The van der Waals surface area contributed by atoms with Gasteiger partial charge in [-0.15, -0.1) is 0 Å². The monoisotopic (exact) mass is 317 g/mol. The summed E-state index contributed by atoms with van der Waals surface area (Å²) in [6.45, 7) is 3.49. The molecule has 2 atom stereocenters. The first-order valence-corrected chi connectivity index (χ1v) is 7.84. The number of rotatable bonds is 1. The van der Waals surface area contributed by atoms with Crippen molar-refractivity contribution in [1.29, 1.82) is 10.5 Å². The van der Waals surface area contributed by atoms with E-state index in [4.69, 9.17) is 15.7 Å². The molecule has 1 aromatic rings. The van der Waals surface area contributed by atoms with E-state index < -0.39 is 17.7 Å². The molecular weight excluding hydrogens is 300 g/mol. The molecule has 0 spiro atoms. The van der Waals surface area contributed by atoms with E-state index in [0.29, 0.717) is 16.9 Å². The van der Waals surface area contributed by atoms with Crippen LogP contribution in [0.5, 0.6) is 5.75 Å². The summed E-state index contributed by atoms with van der Waals surface area (Å²) in [6, 6.07) is 6.29. The SMILES string of the molecule is CSC(N)=[N+](C#N)[C@H]1c2cc(C#N)ccc2OC(C)(C)[C@@H]1O. The zero-order chi connectivity index (χ0) is 16.5. The summed E-state index contributed by atoms with van der Waals surface area (Å²) >= 11 is 1.22. The number of benzene rings is 1. The van der Waals surface area contributed by atoms with Gasteiger partial charge >= 0.3 is 6.19 Å². The average Bonchev–Trinajstić information content (AvgIpc) is 2.50. The van der Waals surface area contributed by atoms with E-state index in [1.807, 2.05) is 6.19 Å². The maximum absolute atomic E-state index is 10.7. The van der Waals surface area contributed by atoms with Crippen LogP contribution in [0.3, 0.4) is 0 Å². The number of aliphatic hydroxyl groups excluding tert-OH is 1. The molecule has 0 amide bonds. The Morgan fingerprint density at radius 3 is 2.68 bits per heavy atom. The van der Waals surface area contributed by atoms with E-state index >= 15 is 0 Å². The molecule has 0 bridgehead atoms. The number of thioether (sulfide) groups is 1. The van der Waals surface area contributed by atoms with Gasteiger partial charge in [-0.25, -0.2) is 0 Å². The minimum atomic E-state index is -0.987. The van der Waals surface area contributed by atoms with Gasteiger partial charge in [0, 0.05) is 10.8 Å². The zero-order valence-corrected chi connectivity index (χ0v) is 13.4. The molecule has 1 aromatic carbocycles. The van der Waals surface area contributed by atoms with Gasteiger partial charge in [-0.3, -0.25) is 0 Å². The van der Waals surface area contributed by atoms with Crippen molar-refractivity contribution >= 4 is 16.9 Å². The normalized spacial score (nSPS) is 23.4. The smallest absolute Gasteiger partial charge is 0.371 e. The highest BCUT2D eigenvalue weighted by molar-refractivity contribution is 8.12. The van der Waals surface area contributed by atoms with Crippen molar-refractivity contribution in [3.8, 4) is 18.0 Å². The molecule has 7 heteroatoms. The predicted octanol–water partition coefficient (Wildman–Crippen LogP) is 1.30. The Kier molecular flexibility index (Phi) is 4.32. The van der Waals surface area contributed by atoms with E-state index in [-0.39, 0.29) is 5.17 Å². The molecule has 0 radical (unpaired) electrons. The minimum absolute atomic E-state index is 0.276. The molecule has 2 rings (SSSR count). The lowest BCUT2D eigenvalue weighted by Gasteiger charge is -2.41. The van der Waals surface area contributed by atoms with Crippen molar-refractivity contribution in [2.24, 2.45) is 5.73 Å². The van der Waals surface area contributed by atoms with Crippen molar-refractivity contribution in [3.05, 3.63) is 29.3 Å². The molecule has 0 unspecified atom stereocenters. The fourth-order valence-corrected chi connectivity index (χ4v) is 2.81. The maximum atomic E-state index is 10.7. The summed E-state index contributed by atoms with van der Waals surface area (Å²) in [7, 11) is 0. The third kappa shape index (κ3) is 2.61. The van der Waals surface area contributed by atoms with Crippen LogP contribution in [-0.4, -0.2) is 32.8 Å². The summed E-state index contributed by atoms with van der Waals surface area (Å²) in [5.74, 6) is 0.536. The number of nitrogens with zero attached hydrogens (tertiary/aromatic N) is 3. The van der Waals surface area contributed by atoms with Crippen molar-refractivity contribution in [2.75, 3.05) is 6.26 Å². The topological polar surface area (TPSA) is 106 Å². The minimum Gasteiger partial charge on any atom is -0.485 e. The van der Waals surface area contributed by atoms with Crippen LogP contribution in [0.1, 0.15) is 31.0 Å². The lowest BCUT2D eigenvalue weighted by Crippen LogP contribution is -2.52. The Balaban J connectivity index is 2.72. The van der Waals surface area contributed by atoms with Crippen LogP contribution < -0.4 is 10.5 Å². The fourth-order valence-electron chi connectivity index (χ4n) is 2.46. The van der Waals surface area contributed by atoms with E-state index in [1.165, 1.54) is 16.3 Å². The highest BCUT2D eigenvalue weighted by Crippen LogP contribution is 2.42. The van der Waals surface area contributed by atoms with Gasteiger partial charge in [0.1, 0.15) is 17.5 Å². The molecular formula is C15H17N4O2S+. The molecule has 6 nitrogen and oxygen atoms in total. The fraction of sp³-hybridized carbons (Fsp3) is 0.400. The Morgan fingerprint density at radius 2 is 2.14 bits per heavy atom. The molecule has 3 N–H and O–H groups in total. The first-order chi connectivity index (χ1) is 10.4. The molecule has 1 aliphatic rings. The maximum Gasteiger partial charge on any atom is 0.371 e. The van der Waals surface area contributed by atoms with E-state index in [0.717, 1.165) is 0 Å². The molecule has 0 aliphatic carbocycles. The van der Waals surface area contributed by atoms with Gasteiger partial charge in [0.15, 0.2) is 6.04 Å². The largest absolute Gasteiger partial charge is 0.485 e. The Hall–Kier alpha value is -2.22. The molecule has 1 aliphatic heterocycles. The van der Waals surface area contributed by atoms with E-state index in [2.05, 4.69) is 6.07 Å². The summed E-state index contributed by atoms with van der Waals surface area (Å²) in [5, 5.41) is 29.5. The van der Waals surface area contributed by atoms with Crippen LogP contribution in [-0.2, 0) is 0 Å². The van der Waals surface area contributed by atoms with Crippen molar-refractivity contribution < 1.29 is 14.4 Å². The molecule has 0 aromatic heterocycles. The highest BCUT2D eigenvalue weighted by atomic mass is 32.2. The zero-order valence-electron chi connectivity index (χ0n) is 12.6. The van der Waals surface area contributed by atoms with Gasteiger partial charge in [-0.05, 0) is 38.3 Å². The van der Waals surface area contributed by atoms with Crippen LogP contribution in [0.15, 0.2) is 18.2 Å². The summed E-state index contributed by atoms with van der Waals surface area (Å²) < 4.78 is 7.08. The third-order valence-electron chi connectivity index (χ3n) is 3.67. The van der Waals surface area contributed by atoms with Crippen molar-refractivity contribution in [1.82, 2.24) is 0 Å². The summed E-state index contributed by atoms with van der Waals surface area (Å²) in [5.41, 5.74) is 6.02. The number of ether oxygens (including phenoxy) is 1. The lowest BCUT2D eigenvalue weighted by atomic mass is 9.85. The standard InChI is InChI=1S/C15H16N4O2S/c1-15(2)13(20)12(19(8-17)14(18)22-3)10-6-9(7-16)4-5-11(10)21-15/h4-6,12-13,18,20H,1-3H3/p+1/t12-,13+/m0/s1. The van der Waals surface area contributed by atoms with Gasteiger partial charge < -0.3 is 15.6 Å². The second-order valence-corrected chi connectivity index (χ2v) is 6.30. The molecule has 114 valence electrons. The second kappa shape index (κ2) is 5.88. The Morgan fingerprint density at radius 1 is 1.45 bits per heavy atom. The summed E-state index contributed by atoms with van der Waals surface area (Å²) in [6.07, 6.45) is 2.79. The first kappa shape index (κ1) is 16.2. The predicted molar refractivity (Wildman–Crippen MR) is 83.2 cm³/mol. The van der Waals surface area contributed by atoms with E-state index in [9.17, 15) is 10.4 Å². The van der Waals surface area contributed by atoms with Crippen LogP contribution >= 0.6 is 11.8 Å². The van der Waals surface area contributed by atoms with Gasteiger partial charge in [-0.2, -0.15) is 9.84 Å². The van der Waals surface area contributed by atoms with Gasteiger partial charge in [0.25, 0.3) is 5.17 Å². The third-order valence-corrected chi connectivity index (χ3v) is 4.29. The Labute approximate surface area is 133 Å². The molecule has 0 saturated heterocycles. The average molecular weight is 317 g/mol. The van der Waals surface area contributed by atoms with Crippen LogP contribution in [0, 0.1) is 22.8 Å². The van der Waals surface area contributed by atoms with Gasteiger partial charge in [0.05, 0.1) is 11.6 Å². The molecule has 1 heterocycles. The summed E-state index contributed by atoms with van der Waals surface area (Å²) in [4.78, 5) is 0. The van der Waals surface area contributed by atoms with E-state index in [1.54, 1.807) is 38.3 Å². The van der Waals surface area contributed by atoms with Gasteiger partial charge in [0.2, 0.25) is 0 Å². The Bertz CT molecular complexity index is 715. The number of hydrogen-bond acceptors (Lipinski definition) is 5. The number of fused-ring (bicyclic) bond motifs is 1. The van der Waals surface area contributed by atoms with Gasteiger partial charge in [-0.1, -0.05) is 11.8 Å². The number of nitriles is 2. The molecule has 0 fully saturated rings. The number of amidine groups is 1. The van der Waals surface area contributed by atoms with Crippen LogP contribution in [0.2, 0.25) is 0 Å². The van der Waals surface area contributed by atoms with Crippen LogP contribution in [0.25, 0.3) is 0 Å². The second-order valence-electron chi connectivity index (χ2n) is 5.47. The number of nitrogens with two attached hydrogens (primary N) is 1. The van der Waals surface area contributed by atoms with Crippen molar-refractivity contribution in [2.45, 2.75) is 31.6 Å². The number of aliphatic hydroxyl groups is 1. The number of hydrogen-bond donors (Lipinski definition) is 2. The highest BCUT2D eigenvalue weighted by Gasteiger charge is 2.47.